The molecule has 2 aliphatic heterocycles. The molecule has 0 N–H and O–H groups in total. The third-order valence-corrected chi connectivity index (χ3v) is 10.7. The second-order valence-corrected chi connectivity index (χ2v) is 13.8. The number of sulfonamides is 1. The van der Waals surface area contributed by atoms with Gasteiger partial charge >= 0.3 is 0 Å². The summed E-state index contributed by atoms with van der Waals surface area (Å²) in [5.74, 6) is 0.201. The number of carbonyl (C=O) groups is 1. The average Bonchev–Trinajstić information content (AvgIpc) is 3.34. The lowest BCUT2D eigenvalue weighted by Crippen LogP contribution is -2.52. The molecule has 5 rings (SSSR count). The maximum Gasteiger partial charge on any atom is 0.248 e. The molecule has 1 amide bonds. The summed E-state index contributed by atoms with van der Waals surface area (Å²) in [5.41, 5.74) is 8.50. The number of aryl methyl sites for hydroxylation is 6. The zero-order valence-electron chi connectivity index (χ0n) is 25.6. The van der Waals surface area contributed by atoms with Crippen molar-refractivity contribution in [3.8, 4) is 0 Å². The summed E-state index contributed by atoms with van der Waals surface area (Å²) < 4.78 is 34.5. The Bertz CT molecular complexity index is 1590. The molecule has 0 unspecified atom stereocenters. The molecule has 2 aromatic carbocycles. The Hall–Kier alpha value is -3.43. The zero-order chi connectivity index (χ0) is 30.2. The lowest BCUT2D eigenvalue weighted by atomic mass is 9.96. The maximum atomic E-state index is 13.8. The summed E-state index contributed by atoms with van der Waals surface area (Å²) in [6.45, 7) is 15.6. The van der Waals surface area contributed by atoms with Crippen LogP contribution in [-0.4, -0.2) is 68.0 Å². The van der Waals surface area contributed by atoms with Crippen molar-refractivity contribution in [2.24, 2.45) is 5.92 Å². The van der Waals surface area contributed by atoms with Gasteiger partial charge in [0, 0.05) is 50.9 Å². The summed E-state index contributed by atoms with van der Waals surface area (Å²) >= 11 is 0. The van der Waals surface area contributed by atoms with Gasteiger partial charge in [0.25, 0.3) is 0 Å². The summed E-state index contributed by atoms with van der Waals surface area (Å²) in [5, 5.41) is 3.99. The van der Waals surface area contributed by atoms with Gasteiger partial charge in [0.2, 0.25) is 15.9 Å². The van der Waals surface area contributed by atoms with E-state index in [0.717, 1.165) is 29.8 Å². The minimum Gasteiger partial charge on any atom is -0.368 e. The number of carbonyl (C=O) groups excluding carboxylic acids is 1. The number of rotatable bonds is 6. The van der Waals surface area contributed by atoms with Crippen LogP contribution in [0.5, 0.6) is 0 Å². The molecule has 8 nitrogen and oxygen atoms in total. The van der Waals surface area contributed by atoms with Gasteiger partial charge in [-0.2, -0.15) is 4.31 Å². The molecule has 2 saturated heterocycles. The van der Waals surface area contributed by atoms with Crippen LogP contribution in [0.2, 0.25) is 0 Å². The van der Waals surface area contributed by atoms with Crippen LogP contribution in [0.25, 0.3) is 12.2 Å². The van der Waals surface area contributed by atoms with Crippen LogP contribution in [0.1, 0.15) is 57.7 Å². The molecule has 0 radical (unpaired) electrons. The first-order chi connectivity index (χ1) is 20.0. The van der Waals surface area contributed by atoms with Gasteiger partial charge in [-0.25, -0.2) is 8.42 Å². The first-order valence-electron chi connectivity index (χ1n) is 14.8. The van der Waals surface area contributed by atoms with Crippen molar-refractivity contribution in [1.82, 2.24) is 14.4 Å². The minimum atomic E-state index is -3.84. The molecule has 0 saturated carbocycles. The third kappa shape index (κ3) is 6.03. The van der Waals surface area contributed by atoms with Crippen molar-refractivity contribution in [2.75, 3.05) is 44.2 Å². The summed E-state index contributed by atoms with van der Waals surface area (Å²) in [7, 11) is -3.84. The highest BCUT2D eigenvalue weighted by Crippen LogP contribution is 2.31. The second-order valence-electron chi connectivity index (χ2n) is 11.9. The number of piperazine rings is 1. The molecule has 1 aromatic heterocycles. The first kappa shape index (κ1) is 30.0. The van der Waals surface area contributed by atoms with Crippen LogP contribution in [0, 0.1) is 47.5 Å². The molecule has 0 bridgehead atoms. The lowest BCUT2D eigenvalue weighted by Gasteiger charge is -2.39. The summed E-state index contributed by atoms with van der Waals surface area (Å²) in [6, 6.07) is 10.7. The predicted octanol–water partition coefficient (Wildman–Crippen LogP) is 5.45. The van der Waals surface area contributed by atoms with E-state index in [4.69, 9.17) is 4.52 Å². The van der Waals surface area contributed by atoms with Crippen LogP contribution in [0.4, 0.5) is 5.69 Å². The van der Waals surface area contributed by atoms with Crippen LogP contribution >= 0.6 is 0 Å². The quantitative estimate of drug-likeness (QED) is 0.380. The highest BCUT2D eigenvalue weighted by Gasteiger charge is 2.37. The highest BCUT2D eigenvalue weighted by atomic mass is 32.2. The number of aromatic nitrogens is 1. The normalized spacial score (nSPS) is 17.4. The maximum absolute atomic E-state index is 13.8. The van der Waals surface area contributed by atoms with Crippen LogP contribution in [0.3, 0.4) is 0 Å². The Kier molecular flexibility index (Phi) is 8.62. The summed E-state index contributed by atoms with van der Waals surface area (Å²) in [6.07, 6.45) is 4.61. The van der Waals surface area contributed by atoms with Gasteiger partial charge in [-0.1, -0.05) is 41.1 Å². The van der Waals surface area contributed by atoms with E-state index in [0.29, 0.717) is 44.7 Å². The van der Waals surface area contributed by atoms with Gasteiger partial charge in [0.1, 0.15) is 5.69 Å². The van der Waals surface area contributed by atoms with E-state index in [-0.39, 0.29) is 22.5 Å². The van der Waals surface area contributed by atoms with Gasteiger partial charge in [-0.3, -0.25) is 4.79 Å². The summed E-state index contributed by atoms with van der Waals surface area (Å²) in [4.78, 5) is 17.8. The van der Waals surface area contributed by atoms with Crippen molar-refractivity contribution in [3.05, 3.63) is 75.2 Å². The highest BCUT2D eigenvalue weighted by molar-refractivity contribution is 7.89. The number of amides is 1. The van der Waals surface area contributed by atoms with Gasteiger partial charge < -0.3 is 14.3 Å². The molecule has 0 spiro atoms. The van der Waals surface area contributed by atoms with Gasteiger partial charge in [0.15, 0.2) is 10.7 Å². The number of nitrogens with zero attached hydrogens (tertiary/aromatic N) is 4. The molecule has 2 aliphatic rings. The molecular formula is C33H42N4O4S. The molecule has 42 heavy (non-hydrogen) atoms. The molecule has 3 aromatic rings. The number of piperidine rings is 1. The monoisotopic (exact) mass is 590 g/mol. The van der Waals surface area contributed by atoms with E-state index >= 15 is 0 Å². The van der Waals surface area contributed by atoms with E-state index in [9.17, 15) is 13.2 Å². The molecule has 224 valence electrons. The topological polar surface area (TPSA) is 87.0 Å². The van der Waals surface area contributed by atoms with E-state index in [1.54, 1.807) is 13.0 Å². The van der Waals surface area contributed by atoms with Crippen molar-refractivity contribution >= 4 is 33.8 Å². The van der Waals surface area contributed by atoms with Gasteiger partial charge in [0.05, 0.1) is 0 Å². The number of hydrogen-bond acceptors (Lipinski definition) is 6. The standard InChI is InChI=1S/C33H42N4O4S/c1-22-7-8-24(3)30(21-22)35-15-17-36(18-16-35)33(38)28-11-13-37(14-12-28)42(39,40)32-27(6)34-41-31(32)10-9-29-25(4)19-23(2)20-26(29)5/h7-10,19-21,28H,11-18H2,1-6H3. The van der Waals surface area contributed by atoms with E-state index in [1.165, 1.54) is 26.7 Å². The van der Waals surface area contributed by atoms with Gasteiger partial charge in [-0.15, -0.1) is 0 Å². The first-order valence-corrected chi connectivity index (χ1v) is 16.2. The minimum absolute atomic E-state index is 0.105. The Labute approximate surface area is 250 Å². The third-order valence-electron chi connectivity index (χ3n) is 8.67. The fourth-order valence-corrected chi connectivity index (χ4v) is 8.09. The van der Waals surface area contributed by atoms with Crippen molar-refractivity contribution in [3.63, 3.8) is 0 Å². The molecule has 0 atom stereocenters. The molecular weight excluding hydrogens is 548 g/mol. The molecule has 9 heteroatoms. The molecule has 3 heterocycles. The SMILES string of the molecule is Cc1cc(C)c(C=Cc2onc(C)c2S(=O)(=O)N2CCC(C(=O)N3CCN(c4cc(C)ccc4C)CC3)CC2)c(C)c1. The predicted molar refractivity (Wildman–Crippen MR) is 167 cm³/mol. The molecule has 2 fully saturated rings. The fourth-order valence-electron chi connectivity index (χ4n) is 6.37. The van der Waals surface area contributed by atoms with E-state index in [1.807, 2.05) is 24.8 Å². The van der Waals surface area contributed by atoms with Crippen molar-refractivity contribution in [1.29, 1.82) is 0 Å². The Morgan fingerprint density at radius 1 is 0.833 bits per heavy atom. The van der Waals surface area contributed by atoms with Crippen molar-refractivity contribution in [2.45, 2.75) is 59.3 Å². The number of benzene rings is 2. The number of hydrogen-bond donors (Lipinski definition) is 0. The van der Waals surface area contributed by atoms with E-state index in [2.05, 4.69) is 61.2 Å². The zero-order valence-corrected chi connectivity index (χ0v) is 26.4. The fraction of sp³-hybridized carbons (Fsp3) is 0.455. The smallest absolute Gasteiger partial charge is 0.248 e. The van der Waals surface area contributed by atoms with Crippen LogP contribution in [0.15, 0.2) is 39.8 Å². The Morgan fingerprint density at radius 3 is 2.12 bits per heavy atom. The van der Waals surface area contributed by atoms with Gasteiger partial charge in [-0.05, 0) is 94.3 Å². The van der Waals surface area contributed by atoms with Crippen LogP contribution < -0.4 is 4.90 Å². The van der Waals surface area contributed by atoms with Crippen molar-refractivity contribution < 1.29 is 17.7 Å². The van der Waals surface area contributed by atoms with Crippen LogP contribution in [-0.2, 0) is 14.8 Å². The molecule has 0 aliphatic carbocycles. The number of anilines is 1. The lowest BCUT2D eigenvalue weighted by molar-refractivity contribution is -0.137. The van der Waals surface area contributed by atoms with E-state index < -0.39 is 10.0 Å². The second kappa shape index (κ2) is 12.1. The largest absolute Gasteiger partial charge is 0.368 e. The Balaban J connectivity index is 1.22. The average molecular weight is 591 g/mol. The Morgan fingerprint density at radius 2 is 1.48 bits per heavy atom.